The van der Waals surface area contributed by atoms with Gasteiger partial charge in [0.1, 0.15) is 5.69 Å². The normalized spacial score (nSPS) is 13.8. The Labute approximate surface area is 144 Å². The maximum atomic E-state index is 12.7. The molecule has 25 heavy (non-hydrogen) atoms. The molecule has 2 heterocycles. The van der Waals surface area contributed by atoms with Crippen LogP contribution >= 0.6 is 0 Å². The van der Waals surface area contributed by atoms with E-state index in [1.54, 1.807) is 16.8 Å². The summed E-state index contributed by atoms with van der Waals surface area (Å²) in [4.78, 5) is 24.6. The van der Waals surface area contributed by atoms with Gasteiger partial charge >= 0.3 is 0 Å². The molecule has 1 aromatic carbocycles. The second-order valence-corrected chi connectivity index (χ2v) is 6.50. The molecule has 6 heteroatoms. The Morgan fingerprint density at radius 3 is 2.68 bits per heavy atom. The number of nitrogens with zero attached hydrogens (tertiary/aromatic N) is 2. The third-order valence-corrected chi connectivity index (χ3v) is 4.46. The van der Waals surface area contributed by atoms with E-state index in [1.807, 2.05) is 31.2 Å². The number of aromatic nitrogens is 3. The summed E-state index contributed by atoms with van der Waals surface area (Å²) in [6.07, 6.45) is 3.91. The van der Waals surface area contributed by atoms with E-state index in [0.29, 0.717) is 22.9 Å². The van der Waals surface area contributed by atoms with Gasteiger partial charge in [0, 0.05) is 35.0 Å². The fraction of sp³-hybridized carbons (Fsp3) is 0.211. The van der Waals surface area contributed by atoms with Crippen molar-refractivity contribution in [3.8, 4) is 5.82 Å². The molecule has 0 unspecified atom stereocenters. The molecule has 0 spiro atoms. The summed E-state index contributed by atoms with van der Waals surface area (Å²) in [5, 5.41) is 7.27. The molecule has 6 nitrogen and oxygen atoms in total. The number of aryl methyl sites for hydroxylation is 1. The van der Waals surface area contributed by atoms with Crippen LogP contribution in [0, 0.1) is 6.92 Å². The number of carbonyl (C=O) groups is 2. The fourth-order valence-electron chi connectivity index (χ4n) is 2.97. The average molecular weight is 334 g/mol. The summed E-state index contributed by atoms with van der Waals surface area (Å²) < 4.78 is 1.58. The highest BCUT2D eigenvalue weighted by Crippen LogP contribution is 2.39. The van der Waals surface area contributed by atoms with Gasteiger partial charge in [0.05, 0.1) is 0 Å². The van der Waals surface area contributed by atoms with Crippen LogP contribution in [0.15, 0.2) is 42.6 Å². The van der Waals surface area contributed by atoms with Crippen LogP contribution < -0.4 is 5.73 Å². The van der Waals surface area contributed by atoms with Crippen molar-refractivity contribution in [2.45, 2.75) is 25.7 Å². The van der Waals surface area contributed by atoms with Crippen molar-refractivity contribution in [2.24, 2.45) is 5.73 Å². The topological polar surface area (TPSA) is 93.8 Å². The number of hydrogen-bond acceptors (Lipinski definition) is 3. The Bertz CT molecular complexity index is 979. The Kier molecular flexibility index (Phi) is 3.53. The molecule has 126 valence electrons. The van der Waals surface area contributed by atoms with Gasteiger partial charge in [-0.15, -0.1) is 0 Å². The Hall–Kier alpha value is -3.15. The lowest BCUT2D eigenvalue weighted by molar-refractivity contribution is 0.0993. The summed E-state index contributed by atoms with van der Waals surface area (Å²) >= 11 is 0. The first kappa shape index (κ1) is 15.4. The van der Waals surface area contributed by atoms with Gasteiger partial charge in [-0.1, -0.05) is 23.8 Å². The van der Waals surface area contributed by atoms with Crippen LogP contribution in [0.3, 0.4) is 0 Å². The predicted molar refractivity (Wildman–Crippen MR) is 93.0 cm³/mol. The molecule has 1 amide bonds. The number of nitrogens with one attached hydrogen (secondary N) is 1. The zero-order chi connectivity index (χ0) is 17.6. The minimum atomic E-state index is -0.598. The summed E-state index contributed by atoms with van der Waals surface area (Å²) in [5.41, 5.74) is 8.78. The molecular formula is C19H18N4O2. The molecule has 0 bridgehead atoms. The largest absolute Gasteiger partial charge is 0.364 e. The van der Waals surface area contributed by atoms with Crippen molar-refractivity contribution >= 4 is 11.7 Å². The first-order valence-corrected chi connectivity index (χ1v) is 8.22. The van der Waals surface area contributed by atoms with E-state index >= 15 is 0 Å². The Morgan fingerprint density at radius 1 is 1.20 bits per heavy atom. The zero-order valence-corrected chi connectivity index (χ0v) is 13.8. The maximum absolute atomic E-state index is 12.7. The zero-order valence-electron chi connectivity index (χ0n) is 13.8. The molecule has 3 aromatic rings. The minimum absolute atomic E-state index is 0.150. The monoisotopic (exact) mass is 334 g/mol. The number of benzene rings is 1. The number of carbonyl (C=O) groups excluding carboxylic acids is 2. The van der Waals surface area contributed by atoms with Crippen molar-refractivity contribution in [2.75, 3.05) is 0 Å². The van der Waals surface area contributed by atoms with Crippen LogP contribution in [-0.4, -0.2) is 26.5 Å². The highest BCUT2D eigenvalue weighted by atomic mass is 16.1. The highest BCUT2D eigenvalue weighted by Gasteiger charge is 2.26. The summed E-state index contributed by atoms with van der Waals surface area (Å²) in [7, 11) is 0. The van der Waals surface area contributed by atoms with Crippen LogP contribution in [0.1, 0.15) is 56.4 Å². The molecule has 0 saturated heterocycles. The number of H-pyrrole nitrogens is 1. The average Bonchev–Trinajstić information content (AvgIpc) is 3.15. The van der Waals surface area contributed by atoms with Crippen molar-refractivity contribution in [1.29, 1.82) is 0 Å². The molecule has 0 radical (unpaired) electrons. The third-order valence-electron chi connectivity index (χ3n) is 4.46. The lowest BCUT2D eigenvalue weighted by Gasteiger charge is -2.01. The third kappa shape index (κ3) is 2.87. The number of primary amides is 1. The molecule has 1 saturated carbocycles. The lowest BCUT2D eigenvalue weighted by atomic mass is 10.0. The van der Waals surface area contributed by atoms with E-state index in [0.717, 1.165) is 24.1 Å². The molecule has 1 aliphatic carbocycles. The van der Waals surface area contributed by atoms with Gasteiger partial charge < -0.3 is 5.73 Å². The molecule has 4 rings (SSSR count). The standard InChI is InChI=1S/C19H18N4O2/c1-11-3-2-4-13(7-11)18(24)14-8-16(19(20)25)23(10-14)17-9-15(21-22-17)12-5-6-12/h2-4,7-10,12H,5-6H2,1H3,(H2,20,25)(H,21,22). The van der Waals surface area contributed by atoms with E-state index in [9.17, 15) is 9.59 Å². The Morgan fingerprint density at radius 2 is 2.00 bits per heavy atom. The van der Waals surface area contributed by atoms with Gasteiger partial charge in [0.15, 0.2) is 11.6 Å². The van der Waals surface area contributed by atoms with Gasteiger partial charge in [0.2, 0.25) is 0 Å². The second-order valence-electron chi connectivity index (χ2n) is 6.50. The molecule has 1 fully saturated rings. The first-order valence-electron chi connectivity index (χ1n) is 8.22. The summed E-state index contributed by atoms with van der Waals surface area (Å²) in [6, 6.07) is 10.8. The van der Waals surface area contributed by atoms with Crippen molar-refractivity contribution in [3.05, 3.63) is 70.7 Å². The molecule has 0 aliphatic heterocycles. The molecule has 3 N–H and O–H groups in total. The Balaban J connectivity index is 1.74. The van der Waals surface area contributed by atoms with Crippen molar-refractivity contribution in [3.63, 3.8) is 0 Å². The van der Waals surface area contributed by atoms with E-state index in [-0.39, 0.29) is 11.5 Å². The van der Waals surface area contributed by atoms with Crippen LogP contribution in [0.5, 0.6) is 0 Å². The van der Waals surface area contributed by atoms with Crippen LogP contribution in [0.4, 0.5) is 0 Å². The van der Waals surface area contributed by atoms with Crippen LogP contribution in [-0.2, 0) is 0 Å². The smallest absolute Gasteiger partial charge is 0.265 e. The van der Waals surface area contributed by atoms with Gasteiger partial charge in [-0.25, -0.2) is 0 Å². The maximum Gasteiger partial charge on any atom is 0.265 e. The van der Waals surface area contributed by atoms with Gasteiger partial charge in [-0.3, -0.25) is 19.3 Å². The molecule has 0 atom stereocenters. The first-order chi connectivity index (χ1) is 12.0. The minimum Gasteiger partial charge on any atom is -0.364 e. The quantitative estimate of drug-likeness (QED) is 0.702. The van der Waals surface area contributed by atoms with Crippen LogP contribution in [0.25, 0.3) is 5.82 Å². The summed E-state index contributed by atoms with van der Waals surface area (Å²) in [6.45, 7) is 1.93. The van der Waals surface area contributed by atoms with Gasteiger partial charge in [0.25, 0.3) is 5.91 Å². The SMILES string of the molecule is Cc1cccc(C(=O)c2cc(C(N)=O)n(-c3cc(C4CC4)[nH]n3)c2)c1. The number of hydrogen-bond donors (Lipinski definition) is 2. The fourth-order valence-corrected chi connectivity index (χ4v) is 2.97. The lowest BCUT2D eigenvalue weighted by Crippen LogP contribution is -2.15. The number of aromatic amines is 1. The molecule has 2 aromatic heterocycles. The number of rotatable bonds is 5. The number of amides is 1. The van der Waals surface area contributed by atoms with Crippen molar-refractivity contribution in [1.82, 2.24) is 14.8 Å². The number of ketones is 1. The number of nitrogens with two attached hydrogens (primary N) is 1. The summed E-state index contributed by atoms with van der Waals surface area (Å²) in [5.74, 6) is 0.336. The van der Waals surface area contributed by atoms with Crippen molar-refractivity contribution < 1.29 is 9.59 Å². The van der Waals surface area contributed by atoms with Crippen LogP contribution in [0.2, 0.25) is 0 Å². The molecular weight excluding hydrogens is 316 g/mol. The highest BCUT2D eigenvalue weighted by molar-refractivity contribution is 6.10. The van der Waals surface area contributed by atoms with E-state index in [2.05, 4.69) is 10.2 Å². The second kappa shape index (κ2) is 5.73. The predicted octanol–water partition coefficient (Wildman–Crippen LogP) is 2.72. The van der Waals surface area contributed by atoms with Gasteiger partial charge in [-0.2, -0.15) is 5.10 Å². The van der Waals surface area contributed by atoms with Gasteiger partial charge in [-0.05, 0) is 31.9 Å². The molecule has 1 aliphatic rings. The van der Waals surface area contributed by atoms with E-state index in [4.69, 9.17) is 5.73 Å². The van der Waals surface area contributed by atoms with E-state index in [1.165, 1.54) is 6.07 Å². The van der Waals surface area contributed by atoms with E-state index < -0.39 is 5.91 Å².